The molecule has 0 heterocycles. The van der Waals surface area contributed by atoms with Gasteiger partial charge in [-0.25, -0.2) is 17.9 Å². The first-order valence-corrected chi connectivity index (χ1v) is 7.24. The lowest BCUT2D eigenvalue weighted by molar-refractivity contribution is 0.0696. The van der Waals surface area contributed by atoms with Crippen molar-refractivity contribution in [3.05, 3.63) is 23.8 Å². The zero-order valence-corrected chi connectivity index (χ0v) is 12.2. The number of aromatic carboxylic acids is 1. The number of benzene rings is 1. The molecule has 0 amide bonds. The SMILES string of the molecule is COc1ccc(C(=O)O)cc1S(=O)(=O)NCC(C)OC. The van der Waals surface area contributed by atoms with Crippen molar-refractivity contribution in [3.63, 3.8) is 0 Å². The zero-order valence-electron chi connectivity index (χ0n) is 11.4. The topological polar surface area (TPSA) is 102 Å². The molecule has 0 fully saturated rings. The van der Waals surface area contributed by atoms with Crippen molar-refractivity contribution in [2.45, 2.75) is 17.9 Å². The van der Waals surface area contributed by atoms with E-state index in [2.05, 4.69) is 4.72 Å². The van der Waals surface area contributed by atoms with E-state index >= 15 is 0 Å². The molecule has 0 aromatic heterocycles. The van der Waals surface area contributed by atoms with Crippen LogP contribution in [0, 0.1) is 0 Å². The summed E-state index contributed by atoms with van der Waals surface area (Å²) in [5.41, 5.74) is -0.133. The molecule has 1 aromatic rings. The van der Waals surface area contributed by atoms with E-state index in [1.807, 2.05) is 0 Å². The molecule has 0 saturated heterocycles. The van der Waals surface area contributed by atoms with Crippen molar-refractivity contribution in [2.75, 3.05) is 20.8 Å². The van der Waals surface area contributed by atoms with Crippen molar-refractivity contribution >= 4 is 16.0 Å². The highest BCUT2D eigenvalue weighted by Crippen LogP contribution is 2.24. The number of sulfonamides is 1. The van der Waals surface area contributed by atoms with Crippen LogP contribution in [0.4, 0.5) is 0 Å². The normalized spacial score (nSPS) is 12.9. The van der Waals surface area contributed by atoms with Crippen molar-refractivity contribution in [2.24, 2.45) is 0 Å². The van der Waals surface area contributed by atoms with Crippen LogP contribution < -0.4 is 9.46 Å². The number of rotatable bonds is 7. The molecule has 112 valence electrons. The van der Waals surface area contributed by atoms with Crippen molar-refractivity contribution in [1.82, 2.24) is 4.72 Å². The zero-order chi connectivity index (χ0) is 15.3. The van der Waals surface area contributed by atoms with Gasteiger partial charge >= 0.3 is 5.97 Å². The number of methoxy groups -OCH3 is 2. The number of carboxylic acids is 1. The summed E-state index contributed by atoms with van der Waals surface area (Å²) in [6, 6.07) is 3.64. The lowest BCUT2D eigenvalue weighted by atomic mass is 10.2. The lowest BCUT2D eigenvalue weighted by Crippen LogP contribution is -2.32. The Kier molecular flexibility index (Phi) is 5.49. The molecule has 0 radical (unpaired) electrons. The molecule has 2 N–H and O–H groups in total. The van der Waals surface area contributed by atoms with Crippen LogP contribution in [0.2, 0.25) is 0 Å². The second-order valence-corrected chi connectivity index (χ2v) is 5.80. The number of nitrogens with one attached hydrogen (secondary N) is 1. The van der Waals surface area contributed by atoms with Gasteiger partial charge in [-0.2, -0.15) is 0 Å². The van der Waals surface area contributed by atoms with Gasteiger partial charge in [0, 0.05) is 13.7 Å². The van der Waals surface area contributed by atoms with Crippen LogP contribution in [-0.2, 0) is 14.8 Å². The van der Waals surface area contributed by atoms with E-state index in [0.29, 0.717) is 0 Å². The molecular formula is C12H17NO6S. The Labute approximate surface area is 117 Å². The molecule has 1 unspecified atom stereocenters. The smallest absolute Gasteiger partial charge is 0.335 e. The molecule has 0 aliphatic carbocycles. The largest absolute Gasteiger partial charge is 0.495 e. The van der Waals surface area contributed by atoms with Gasteiger partial charge in [-0.05, 0) is 25.1 Å². The molecule has 7 nitrogen and oxygen atoms in total. The number of ether oxygens (including phenoxy) is 2. The number of hydrogen-bond acceptors (Lipinski definition) is 5. The molecule has 1 aromatic carbocycles. The fourth-order valence-electron chi connectivity index (χ4n) is 1.41. The number of hydrogen-bond donors (Lipinski definition) is 2. The molecule has 0 spiro atoms. The standard InChI is InChI=1S/C12H17NO6S/c1-8(18-2)7-13-20(16,17)11-6-9(12(14)15)4-5-10(11)19-3/h4-6,8,13H,7H2,1-3H3,(H,14,15). The number of carbonyl (C=O) groups is 1. The molecule has 0 aliphatic heterocycles. The number of carboxylic acid groups (broad SMARTS) is 1. The van der Waals surface area contributed by atoms with Crippen molar-refractivity contribution in [1.29, 1.82) is 0 Å². The summed E-state index contributed by atoms with van der Waals surface area (Å²) in [7, 11) is -1.11. The second-order valence-electron chi connectivity index (χ2n) is 4.07. The molecule has 8 heteroatoms. The van der Waals surface area contributed by atoms with E-state index in [4.69, 9.17) is 14.6 Å². The lowest BCUT2D eigenvalue weighted by Gasteiger charge is -2.14. The average molecular weight is 303 g/mol. The highest BCUT2D eigenvalue weighted by atomic mass is 32.2. The van der Waals surface area contributed by atoms with Gasteiger partial charge in [0.1, 0.15) is 10.6 Å². The summed E-state index contributed by atoms with van der Waals surface area (Å²) in [6.07, 6.45) is -0.307. The Morgan fingerprint density at radius 2 is 2.05 bits per heavy atom. The maximum atomic E-state index is 12.2. The van der Waals surface area contributed by atoms with Crippen LogP contribution in [0.3, 0.4) is 0 Å². The summed E-state index contributed by atoms with van der Waals surface area (Å²) >= 11 is 0. The first-order valence-electron chi connectivity index (χ1n) is 5.75. The summed E-state index contributed by atoms with van der Waals surface area (Å²) in [6.45, 7) is 1.77. The third kappa shape index (κ3) is 3.92. The van der Waals surface area contributed by atoms with Gasteiger partial charge in [-0.15, -0.1) is 0 Å². The van der Waals surface area contributed by atoms with Gasteiger partial charge in [-0.1, -0.05) is 0 Å². The van der Waals surface area contributed by atoms with Crippen molar-refractivity contribution < 1.29 is 27.8 Å². The molecule has 1 atom stereocenters. The van der Waals surface area contributed by atoms with Gasteiger partial charge in [0.2, 0.25) is 10.0 Å². The Morgan fingerprint density at radius 1 is 1.40 bits per heavy atom. The monoisotopic (exact) mass is 303 g/mol. The van der Waals surface area contributed by atoms with Gasteiger partial charge in [0.25, 0.3) is 0 Å². The van der Waals surface area contributed by atoms with Crippen LogP contribution in [-0.4, -0.2) is 46.4 Å². The quantitative estimate of drug-likeness (QED) is 0.769. The predicted molar refractivity (Wildman–Crippen MR) is 71.6 cm³/mol. The Balaban J connectivity index is 3.14. The van der Waals surface area contributed by atoms with Crippen LogP contribution in [0.25, 0.3) is 0 Å². The Bertz CT molecular complexity index is 584. The van der Waals surface area contributed by atoms with Crippen LogP contribution in [0.15, 0.2) is 23.1 Å². The predicted octanol–water partition coefficient (Wildman–Crippen LogP) is 0.707. The van der Waals surface area contributed by atoms with Crippen LogP contribution in [0.5, 0.6) is 5.75 Å². The van der Waals surface area contributed by atoms with E-state index in [9.17, 15) is 13.2 Å². The summed E-state index contributed by atoms with van der Waals surface area (Å²) < 4.78 is 36.6. The third-order valence-electron chi connectivity index (χ3n) is 2.66. The molecule has 20 heavy (non-hydrogen) atoms. The van der Waals surface area contributed by atoms with Gasteiger partial charge in [0.05, 0.1) is 18.8 Å². The highest BCUT2D eigenvalue weighted by Gasteiger charge is 2.22. The molecular weight excluding hydrogens is 286 g/mol. The van der Waals surface area contributed by atoms with E-state index in [1.165, 1.54) is 26.4 Å². The first-order chi connectivity index (χ1) is 9.31. The third-order valence-corrected chi connectivity index (χ3v) is 4.11. The van der Waals surface area contributed by atoms with E-state index < -0.39 is 16.0 Å². The molecule has 1 rings (SSSR count). The summed E-state index contributed by atoms with van der Waals surface area (Å²) in [5, 5.41) is 8.92. The second kappa shape index (κ2) is 6.69. The fourth-order valence-corrected chi connectivity index (χ4v) is 2.72. The van der Waals surface area contributed by atoms with Gasteiger partial charge < -0.3 is 14.6 Å². The van der Waals surface area contributed by atoms with Crippen molar-refractivity contribution in [3.8, 4) is 5.75 Å². The summed E-state index contributed by atoms with van der Waals surface area (Å²) in [5.74, 6) is -1.14. The van der Waals surface area contributed by atoms with E-state index in [1.54, 1.807) is 6.92 Å². The first kappa shape index (κ1) is 16.4. The minimum atomic E-state index is -3.88. The summed E-state index contributed by atoms with van der Waals surface area (Å²) in [4.78, 5) is 10.7. The Hall–Kier alpha value is -1.64. The van der Waals surface area contributed by atoms with E-state index in [-0.39, 0.29) is 28.9 Å². The fraction of sp³-hybridized carbons (Fsp3) is 0.417. The highest BCUT2D eigenvalue weighted by molar-refractivity contribution is 7.89. The van der Waals surface area contributed by atoms with Crippen LogP contribution >= 0.6 is 0 Å². The molecule has 0 saturated carbocycles. The minimum Gasteiger partial charge on any atom is -0.495 e. The molecule has 0 bridgehead atoms. The maximum absolute atomic E-state index is 12.2. The maximum Gasteiger partial charge on any atom is 0.335 e. The van der Waals surface area contributed by atoms with Crippen LogP contribution in [0.1, 0.15) is 17.3 Å². The Morgan fingerprint density at radius 3 is 2.55 bits per heavy atom. The van der Waals surface area contributed by atoms with E-state index in [0.717, 1.165) is 6.07 Å². The average Bonchev–Trinajstić information content (AvgIpc) is 2.43. The van der Waals surface area contributed by atoms with Gasteiger partial charge in [-0.3, -0.25) is 0 Å². The van der Waals surface area contributed by atoms with Gasteiger partial charge in [0.15, 0.2) is 0 Å². The minimum absolute atomic E-state index is 0.0687. The molecule has 0 aliphatic rings.